The second-order valence-corrected chi connectivity index (χ2v) is 6.63. The van der Waals surface area contributed by atoms with E-state index in [4.69, 9.17) is 4.98 Å². The largest absolute Gasteiger partial charge is 0.348 e. The fourth-order valence-electron chi connectivity index (χ4n) is 2.88. The Kier molecular flexibility index (Phi) is 4.53. The minimum Gasteiger partial charge on any atom is -0.348 e. The van der Waals surface area contributed by atoms with Crippen LogP contribution in [-0.4, -0.2) is 31.2 Å². The van der Waals surface area contributed by atoms with Gasteiger partial charge in [0.25, 0.3) is 0 Å². The van der Waals surface area contributed by atoms with Crippen molar-refractivity contribution < 1.29 is 0 Å². The van der Waals surface area contributed by atoms with Gasteiger partial charge in [0.2, 0.25) is 0 Å². The molecule has 0 bridgehead atoms. The second kappa shape index (κ2) is 6.55. The normalized spacial score (nSPS) is 19.6. The van der Waals surface area contributed by atoms with Gasteiger partial charge in [-0.15, -0.1) is 0 Å². The quantitative estimate of drug-likeness (QED) is 0.854. The Morgan fingerprint density at radius 3 is 3.15 bits per heavy atom. The number of nitrogens with zero attached hydrogens (tertiary/aromatic N) is 2. The van der Waals surface area contributed by atoms with Crippen molar-refractivity contribution in [1.29, 1.82) is 0 Å². The third kappa shape index (κ3) is 3.13. The molecule has 1 saturated heterocycles. The Labute approximate surface area is 125 Å². The van der Waals surface area contributed by atoms with Gasteiger partial charge in [-0.1, -0.05) is 30.4 Å². The van der Waals surface area contributed by atoms with Crippen LogP contribution in [0.1, 0.15) is 26.2 Å². The number of nitrogens with one attached hydrogen (secondary N) is 1. The van der Waals surface area contributed by atoms with Crippen molar-refractivity contribution in [2.24, 2.45) is 5.92 Å². The van der Waals surface area contributed by atoms with Crippen molar-refractivity contribution in [2.45, 2.75) is 26.2 Å². The average molecular weight is 289 g/mol. The van der Waals surface area contributed by atoms with Crippen LogP contribution in [0.15, 0.2) is 24.3 Å². The molecule has 1 aliphatic heterocycles. The lowest BCUT2D eigenvalue weighted by molar-refractivity contribution is 0.392. The minimum atomic E-state index is 0.766. The molecule has 108 valence electrons. The van der Waals surface area contributed by atoms with E-state index in [-0.39, 0.29) is 0 Å². The number of piperidine rings is 1. The molecule has 2 heterocycles. The lowest BCUT2D eigenvalue weighted by atomic mass is 9.98. The molecule has 0 radical (unpaired) electrons. The van der Waals surface area contributed by atoms with E-state index in [9.17, 15) is 0 Å². The molecule has 1 unspecified atom stereocenters. The molecule has 3 nitrogen and oxygen atoms in total. The predicted octanol–water partition coefficient (Wildman–Crippen LogP) is 3.51. The first-order chi connectivity index (χ1) is 9.86. The summed E-state index contributed by atoms with van der Waals surface area (Å²) in [7, 11) is 0. The van der Waals surface area contributed by atoms with E-state index in [1.165, 1.54) is 29.1 Å². The van der Waals surface area contributed by atoms with Gasteiger partial charge in [-0.05, 0) is 50.4 Å². The second-order valence-electron chi connectivity index (χ2n) is 5.62. The van der Waals surface area contributed by atoms with Crippen LogP contribution in [0, 0.1) is 5.92 Å². The van der Waals surface area contributed by atoms with E-state index in [0.717, 1.165) is 37.6 Å². The predicted molar refractivity (Wildman–Crippen MR) is 87.7 cm³/mol. The number of para-hydroxylation sites is 1. The van der Waals surface area contributed by atoms with Crippen LogP contribution in [-0.2, 0) is 0 Å². The first-order valence-electron chi connectivity index (χ1n) is 7.68. The zero-order chi connectivity index (χ0) is 13.8. The molecule has 1 atom stereocenters. The summed E-state index contributed by atoms with van der Waals surface area (Å²) in [5.74, 6) is 0.766. The SMILES string of the molecule is CCCNCC1CCCN(c2nc3ccccc3s2)C1. The van der Waals surface area contributed by atoms with Crippen LogP contribution < -0.4 is 10.2 Å². The monoisotopic (exact) mass is 289 g/mol. The van der Waals surface area contributed by atoms with E-state index in [2.05, 4.69) is 41.4 Å². The van der Waals surface area contributed by atoms with Crippen LogP contribution >= 0.6 is 11.3 Å². The van der Waals surface area contributed by atoms with Crippen LogP contribution in [0.3, 0.4) is 0 Å². The van der Waals surface area contributed by atoms with Crippen LogP contribution in [0.2, 0.25) is 0 Å². The third-order valence-electron chi connectivity index (χ3n) is 3.93. The Bertz CT molecular complexity index is 518. The van der Waals surface area contributed by atoms with Gasteiger partial charge in [-0.2, -0.15) is 0 Å². The zero-order valence-corrected chi connectivity index (χ0v) is 13.0. The fraction of sp³-hybridized carbons (Fsp3) is 0.562. The molecule has 0 saturated carbocycles. The maximum absolute atomic E-state index is 4.79. The molecule has 1 aromatic heterocycles. The summed E-state index contributed by atoms with van der Waals surface area (Å²) >= 11 is 1.83. The molecule has 0 amide bonds. The Hall–Kier alpha value is -1.13. The van der Waals surface area contributed by atoms with Crippen LogP contribution in [0.25, 0.3) is 10.2 Å². The van der Waals surface area contributed by atoms with Crippen LogP contribution in [0.5, 0.6) is 0 Å². The maximum Gasteiger partial charge on any atom is 0.186 e. The number of anilines is 1. The Balaban J connectivity index is 1.66. The highest BCUT2D eigenvalue weighted by atomic mass is 32.1. The van der Waals surface area contributed by atoms with E-state index < -0.39 is 0 Å². The number of fused-ring (bicyclic) bond motifs is 1. The first kappa shape index (κ1) is 13.8. The summed E-state index contributed by atoms with van der Waals surface area (Å²) in [6.45, 7) is 6.81. The van der Waals surface area contributed by atoms with Crippen molar-refractivity contribution in [3.63, 3.8) is 0 Å². The van der Waals surface area contributed by atoms with E-state index in [1.807, 2.05) is 11.3 Å². The number of thiazole rings is 1. The van der Waals surface area contributed by atoms with Gasteiger partial charge in [0.1, 0.15) is 0 Å². The highest BCUT2D eigenvalue weighted by Gasteiger charge is 2.21. The molecule has 1 aliphatic rings. The smallest absolute Gasteiger partial charge is 0.186 e. The van der Waals surface area contributed by atoms with Crippen molar-refractivity contribution in [2.75, 3.05) is 31.1 Å². The van der Waals surface area contributed by atoms with Crippen molar-refractivity contribution in [3.8, 4) is 0 Å². The summed E-state index contributed by atoms with van der Waals surface area (Å²) in [4.78, 5) is 7.27. The van der Waals surface area contributed by atoms with Gasteiger partial charge < -0.3 is 10.2 Å². The van der Waals surface area contributed by atoms with Gasteiger partial charge in [0, 0.05) is 13.1 Å². The molecule has 0 spiro atoms. The maximum atomic E-state index is 4.79. The third-order valence-corrected chi connectivity index (χ3v) is 5.03. The first-order valence-corrected chi connectivity index (χ1v) is 8.49. The molecule has 2 aromatic rings. The van der Waals surface area contributed by atoms with Crippen LogP contribution in [0.4, 0.5) is 5.13 Å². The molecule has 3 rings (SSSR count). The Morgan fingerprint density at radius 1 is 1.40 bits per heavy atom. The topological polar surface area (TPSA) is 28.2 Å². The number of hydrogen-bond donors (Lipinski definition) is 1. The summed E-state index contributed by atoms with van der Waals surface area (Å²) in [5, 5.41) is 4.76. The average Bonchev–Trinajstić information content (AvgIpc) is 2.92. The molecule has 1 N–H and O–H groups in total. The molecular formula is C16H23N3S. The number of rotatable bonds is 5. The van der Waals surface area contributed by atoms with Gasteiger partial charge >= 0.3 is 0 Å². The zero-order valence-electron chi connectivity index (χ0n) is 12.1. The van der Waals surface area contributed by atoms with Gasteiger partial charge in [0.15, 0.2) is 5.13 Å². The summed E-state index contributed by atoms with van der Waals surface area (Å²) in [6.07, 6.45) is 3.85. The summed E-state index contributed by atoms with van der Waals surface area (Å²) in [5.41, 5.74) is 1.14. The van der Waals surface area contributed by atoms with Crippen molar-refractivity contribution in [3.05, 3.63) is 24.3 Å². The molecule has 1 fully saturated rings. The molecular weight excluding hydrogens is 266 g/mol. The standard InChI is InChI=1S/C16H23N3S/c1-2-9-17-11-13-6-5-10-19(12-13)16-18-14-7-3-4-8-15(14)20-16/h3-4,7-8,13,17H,2,5-6,9-12H2,1H3. The minimum absolute atomic E-state index is 0.766. The molecule has 0 aliphatic carbocycles. The lowest BCUT2D eigenvalue weighted by Crippen LogP contribution is -2.39. The van der Waals surface area contributed by atoms with E-state index in [0.29, 0.717) is 0 Å². The van der Waals surface area contributed by atoms with E-state index in [1.54, 1.807) is 0 Å². The van der Waals surface area contributed by atoms with E-state index >= 15 is 0 Å². The molecule has 20 heavy (non-hydrogen) atoms. The number of benzene rings is 1. The van der Waals surface area contributed by atoms with Gasteiger partial charge in [-0.25, -0.2) is 4.98 Å². The van der Waals surface area contributed by atoms with Crippen molar-refractivity contribution in [1.82, 2.24) is 10.3 Å². The molecule has 4 heteroatoms. The summed E-state index contributed by atoms with van der Waals surface area (Å²) in [6, 6.07) is 8.44. The van der Waals surface area contributed by atoms with Gasteiger partial charge in [-0.3, -0.25) is 0 Å². The Morgan fingerprint density at radius 2 is 2.30 bits per heavy atom. The number of aromatic nitrogens is 1. The molecule has 1 aromatic carbocycles. The summed E-state index contributed by atoms with van der Waals surface area (Å²) < 4.78 is 1.30. The number of hydrogen-bond acceptors (Lipinski definition) is 4. The highest BCUT2D eigenvalue weighted by molar-refractivity contribution is 7.22. The fourth-order valence-corrected chi connectivity index (χ4v) is 3.88. The lowest BCUT2D eigenvalue weighted by Gasteiger charge is -2.32. The van der Waals surface area contributed by atoms with Gasteiger partial charge in [0.05, 0.1) is 10.2 Å². The highest BCUT2D eigenvalue weighted by Crippen LogP contribution is 2.31. The van der Waals surface area contributed by atoms with Crippen molar-refractivity contribution >= 4 is 26.7 Å².